The van der Waals surface area contributed by atoms with Gasteiger partial charge < -0.3 is 45.6 Å². The van der Waals surface area contributed by atoms with E-state index in [0.29, 0.717) is 18.7 Å². The molecule has 1 saturated heterocycles. The van der Waals surface area contributed by atoms with Gasteiger partial charge in [-0.1, -0.05) is 0 Å². The molecule has 0 bridgehead atoms. The fraction of sp³-hybridized carbons (Fsp3) is 0.583. The average molecular weight is 589 g/mol. The zero-order valence-corrected chi connectivity index (χ0v) is 23.3. The molecule has 12 nitrogen and oxygen atoms in total. The number of amides is 1. The Morgan fingerprint density at radius 3 is 1.92 bits per heavy atom. The van der Waals surface area contributed by atoms with Crippen LogP contribution in [-0.2, 0) is 42.9 Å². The molecule has 0 saturated carbocycles. The first kappa shape index (κ1) is 32.0. The van der Waals surface area contributed by atoms with Crippen molar-refractivity contribution in [3.8, 4) is 0 Å². The predicted octanol–water partition coefficient (Wildman–Crippen LogP) is -2.28. The van der Waals surface area contributed by atoms with Crippen molar-refractivity contribution in [2.75, 3.05) is 19.7 Å². The van der Waals surface area contributed by atoms with Crippen molar-refractivity contribution in [3.05, 3.63) is 30.1 Å². The summed E-state index contributed by atoms with van der Waals surface area (Å²) in [5.41, 5.74) is 0.342. The number of halogens is 1. The second-order valence-electron chi connectivity index (χ2n) is 8.11. The Kier molecular flexibility index (Phi) is 12.6. The third kappa shape index (κ3) is 8.78. The molecule has 0 radical (unpaired) electrons. The monoisotopic (exact) mass is 588 g/mol. The van der Waals surface area contributed by atoms with E-state index in [1.807, 2.05) is 13.8 Å². The number of rotatable bonds is 9. The molecule has 1 aromatic heterocycles. The van der Waals surface area contributed by atoms with Gasteiger partial charge in [0.1, 0.15) is 18.3 Å². The molecule has 2 heterocycles. The van der Waals surface area contributed by atoms with Crippen molar-refractivity contribution in [3.63, 3.8) is 0 Å². The molecule has 0 aromatic carbocycles. The highest BCUT2D eigenvalue weighted by molar-refractivity contribution is 5.93. The fourth-order valence-corrected chi connectivity index (χ4v) is 3.92. The van der Waals surface area contributed by atoms with Gasteiger partial charge in [-0.15, -0.1) is 0 Å². The van der Waals surface area contributed by atoms with Crippen molar-refractivity contribution >= 4 is 29.8 Å². The minimum absolute atomic E-state index is 0. The highest BCUT2D eigenvalue weighted by atomic mass is 79.9. The number of hydrogen-bond donors (Lipinski definition) is 0. The zero-order valence-electron chi connectivity index (χ0n) is 21.7. The topological polar surface area (TPSA) is 139 Å². The summed E-state index contributed by atoms with van der Waals surface area (Å²) in [5, 5.41) is 0. The van der Waals surface area contributed by atoms with E-state index in [1.165, 1.54) is 24.6 Å². The van der Waals surface area contributed by atoms with E-state index < -0.39 is 54.5 Å². The van der Waals surface area contributed by atoms with Crippen LogP contribution in [0, 0.1) is 0 Å². The smallest absolute Gasteiger partial charge is 0.304 e. The summed E-state index contributed by atoms with van der Waals surface area (Å²) in [6, 6.07) is 3.24. The van der Waals surface area contributed by atoms with Gasteiger partial charge in [0.25, 0.3) is 5.91 Å². The molecule has 2 rings (SSSR count). The molecule has 5 atom stereocenters. The van der Waals surface area contributed by atoms with Crippen molar-refractivity contribution in [2.45, 2.75) is 72.2 Å². The Balaban J connectivity index is 0.00000684. The number of nitrogens with zero attached hydrogens (tertiary/aromatic N) is 2. The maximum absolute atomic E-state index is 12.9. The second-order valence-corrected chi connectivity index (χ2v) is 8.11. The molecular formula is C24H33BrN2O10. The molecule has 1 amide bonds. The second kappa shape index (κ2) is 14.6. The maximum Gasteiger partial charge on any atom is 0.304 e. The molecule has 5 unspecified atom stereocenters. The summed E-state index contributed by atoms with van der Waals surface area (Å²) in [4.78, 5) is 61.9. The van der Waals surface area contributed by atoms with Gasteiger partial charge in [-0.2, -0.15) is 4.57 Å². The van der Waals surface area contributed by atoms with E-state index >= 15 is 0 Å². The molecule has 1 aromatic rings. The van der Waals surface area contributed by atoms with E-state index in [4.69, 9.17) is 23.7 Å². The van der Waals surface area contributed by atoms with E-state index in [0.717, 1.165) is 13.8 Å². The average Bonchev–Trinajstić information content (AvgIpc) is 2.80. The number of aromatic nitrogens is 1. The minimum atomic E-state index is -1.30. The van der Waals surface area contributed by atoms with Crippen LogP contribution in [0.2, 0.25) is 0 Å². The molecule has 0 aliphatic carbocycles. The highest BCUT2D eigenvalue weighted by Gasteiger charge is 2.56. The molecular weight excluding hydrogens is 556 g/mol. The first-order valence-electron chi connectivity index (χ1n) is 11.6. The van der Waals surface area contributed by atoms with Crippen LogP contribution in [0.15, 0.2) is 24.5 Å². The van der Waals surface area contributed by atoms with Gasteiger partial charge in [0, 0.05) is 46.9 Å². The van der Waals surface area contributed by atoms with E-state index in [-0.39, 0.29) is 29.5 Å². The SMILES string of the molecule is CCN(CC)C(=O)c1ccc[n+](C2OC(COC(C)=O)C(OC(C)=O)C(OC(C)=O)C2OC(C)=O)c1.[Br-]. The molecule has 13 heteroatoms. The van der Waals surface area contributed by atoms with Gasteiger partial charge in [0.2, 0.25) is 6.10 Å². The summed E-state index contributed by atoms with van der Waals surface area (Å²) < 4.78 is 29.0. The predicted molar refractivity (Wildman–Crippen MR) is 121 cm³/mol. The molecule has 37 heavy (non-hydrogen) atoms. The van der Waals surface area contributed by atoms with Crippen LogP contribution in [0.25, 0.3) is 0 Å². The zero-order chi connectivity index (χ0) is 27.0. The lowest BCUT2D eigenvalue weighted by atomic mass is 9.97. The Morgan fingerprint density at radius 2 is 1.41 bits per heavy atom. The summed E-state index contributed by atoms with van der Waals surface area (Å²) in [7, 11) is 0. The number of ether oxygens (including phenoxy) is 5. The molecule has 0 spiro atoms. The van der Waals surface area contributed by atoms with Crippen molar-refractivity contribution in [1.82, 2.24) is 4.90 Å². The maximum atomic E-state index is 12.9. The summed E-state index contributed by atoms with van der Waals surface area (Å²) in [6.07, 6.45) is -2.95. The van der Waals surface area contributed by atoms with E-state index in [9.17, 15) is 24.0 Å². The van der Waals surface area contributed by atoms with Gasteiger partial charge >= 0.3 is 30.1 Å². The summed E-state index contributed by atoms with van der Waals surface area (Å²) in [6.45, 7) is 9.05. The van der Waals surface area contributed by atoms with Gasteiger partial charge in [0.15, 0.2) is 24.6 Å². The van der Waals surface area contributed by atoms with Crippen LogP contribution < -0.4 is 21.5 Å². The van der Waals surface area contributed by atoms with Gasteiger partial charge in [-0.3, -0.25) is 24.0 Å². The lowest BCUT2D eigenvalue weighted by Crippen LogP contribution is -3.00. The third-order valence-electron chi connectivity index (χ3n) is 5.38. The highest BCUT2D eigenvalue weighted by Crippen LogP contribution is 2.32. The number of esters is 4. The Labute approximate surface area is 225 Å². The van der Waals surface area contributed by atoms with Crippen molar-refractivity contribution < 1.29 is 69.2 Å². The first-order valence-corrected chi connectivity index (χ1v) is 11.6. The number of pyridine rings is 1. The van der Waals surface area contributed by atoms with Crippen LogP contribution >= 0.6 is 0 Å². The summed E-state index contributed by atoms with van der Waals surface area (Å²) in [5.74, 6) is -2.98. The Hall–Kier alpha value is -3.06. The minimum Gasteiger partial charge on any atom is -1.00 e. The Bertz CT molecular complexity index is 984. The van der Waals surface area contributed by atoms with Gasteiger partial charge in [0.05, 0.1) is 0 Å². The summed E-state index contributed by atoms with van der Waals surface area (Å²) >= 11 is 0. The molecule has 206 valence electrons. The largest absolute Gasteiger partial charge is 1.00 e. The van der Waals surface area contributed by atoms with Crippen LogP contribution in [0.4, 0.5) is 0 Å². The molecule has 1 fully saturated rings. The van der Waals surface area contributed by atoms with Crippen LogP contribution in [0.3, 0.4) is 0 Å². The van der Waals surface area contributed by atoms with Gasteiger partial charge in [-0.05, 0) is 19.9 Å². The van der Waals surface area contributed by atoms with Crippen LogP contribution in [0.5, 0.6) is 0 Å². The van der Waals surface area contributed by atoms with Crippen LogP contribution in [-0.4, -0.2) is 78.8 Å². The molecule has 1 aliphatic heterocycles. The Morgan fingerprint density at radius 1 is 0.865 bits per heavy atom. The van der Waals surface area contributed by atoms with Crippen LogP contribution in [0.1, 0.15) is 58.1 Å². The lowest BCUT2D eigenvalue weighted by molar-refractivity contribution is -0.777. The first-order chi connectivity index (χ1) is 17.0. The fourth-order valence-electron chi connectivity index (χ4n) is 3.92. The normalized spacial score (nSPS) is 22.6. The van der Waals surface area contributed by atoms with Gasteiger partial charge in [-0.25, -0.2) is 0 Å². The van der Waals surface area contributed by atoms with Crippen molar-refractivity contribution in [2.24, 2.45) is 0 Å². The van der Waals surface area contributed by atoms with E-state index in [2.05, 4.69) is 0 Å². The lowest BCUT2D eigenvalue weighted by Gasteiger charge is -2.41. The standard InChI is InChI=1S/C24H33N2O10.BrH/c1-7-25(8-2)23(31)18-10-9-11-26(12-18)24-22(35-17(6)30)21(34-16(5)29)20(33-15(4)28)19(36-24)13-32-14(3)27;/h9-12,19-22,24H,7-8,13H2,1-6H3;1H/q+1;/p-1. The number of carbonyl (C=O) groups excluding carboxylic acids is 5. The molecule has 1 aliphatic rings. The quantitative estimate of drug-likeness (QED) is 0.176. The van der Waals surface area contributed by atoms with E-state index in [1.54, 1.807) is 23.2 Å². The number of carbonyl (C=O) groups is 5. The number of hydrogen-bond acceptors (Lipinski definition) is 10. The molecule has 0 N–H and O–H groups in total. The third-order valence-corrected chi connectivity index (χ3v) is 5.38. The van der Waals surface area contributed by atoms with Crippen molar-refractivity contribution in [1.29, 1.82) is 0 Å².